The maximum Gasteiger partial charge on any atom is 0.293 e. The summed E-state index contributed by atoms with van der Waals surface area (Å²) in [5, 5.41) is 0. The third kappa shape index (κ3) is 2.97. The number of nitrogens with two attached hydrogens (primary N) is 2. The van der Waals surface area contributed by atoms with Crippen molar-refractivity contribution in [3.63, 3.8) is 0 Å². The van der Waals surface area contributed by atoms with Gasteiger partial charge >= 0.3 is 0 Å². The molecule has 0 aliphatic rings. The fourth-order valence-corrected chi connectivity index (χ4v) is 0.910. The first kappa shape index (κ1) is 9.30. The molecule has 0 aliphatic heterocycles. The van der Waals surface area contributed by atoms with Crippen molar-refractivity contribution < 1.29 is 4.79 Å². The summed E-state index contributed by atoms with van der Waals surface area (Å²) < 4.78 is 0. The van der Waals surface area contributed by atoms with Gasteiger partial charge in [0.25, 0.3) is 5.91 Å². The fraction of sp³-hybridized carbons (Fsp3) is 0.100. The van der Waals surface area contributed by atoms with E-state index in [0.717, 1.165) is 11.1 Å². The lowest BCUT2D eigenvalue weighted by molar-refractivity contribution is -0.112. The maximum absolute atomic E-state index is 10.4. The summed E-state index contributed by atoms with van der Waals surface area (Å²) in [5.74, 6) is 4.27. The predicted molar refractivity (Wildman–Crippen MR) is 50.4 cm³/mol. The Morgan fingerprint density at radius 2 is 2.23 bits per heavy atom. The molecule has 3 nitrogen and oxygen atoms in total. The van der Waals surface area contributed by atoms with Crippen molar-refractivity contribution in [3.05, 3.63) is 35.4 Å². The normalized spacial score (nSPS) is 8.69. The molecule has 13 heavy (non-hydrogen) atoms. The van der Waals surface area contributed by atoms with E-state index in [-0.39, 0.29) is 0 Å². The van der Waals surface area contributed by atoms with Gasteiger partial charge in [-0.15, -0.1) is 0 Å². The third-order valence-corrected chi connectivity index (χ3v) is 1.49. The first-order valence-corrected chi connectivity index (χ1v) is 3.83. The number of hydrogen-bond donors (Lipinski definition) is 2. The molecule has 0 aliphatic carbocycles. The minimum Gasteiger partial charge on any atom is -0.359 e. The highest BCUT2D eigenvalue weighted by Crippen LogP contribution is 2.02. The van der Waals surface area contributed by atoms with Gasteiger partial charge in [-0.1, -0.05) is 18.1 Å². The predicted octanol–water partition coefficient (Wildman–Crippen LogP) is -0.0179. The number of benzene rings is 1. The van der Waals surface area contributed by atoms with Crippen LogP contribution in [0, 0.1) is 11.8 Å². The summed E-state index contributed by atoms with van der Waals surface area (Å²) in [5.41, 5.74) is 12.0. The minimum atomic E-state index is -0.627. The lowest BCUT2D eigenvalue weighted by Gasteiger charge is -1.95. The lowest BCUT2D eigenvalue weighted by Crippen LogP contribution is -2.06. The van der Waals surface area contributed by atoms with E-state index >= 15 is 0 Å². The Balaban J connectivity index is 2.91. The van der Waals surface area contributed by atoms with Crippen molar-refractivity contribution in [2.75, 3.05) is 0 Å². The maximum atomic E-state index is 10.4. The van der Waals surface area contributed by atoms with E-state index in [9.17, 15) is 4.79 Å². The molecule has 1 amide bonds. The number of amides is 1. The molecule has 4 N–H and O–H groups in total. The average molecular weight is 174 g/mol. The van der Waals surface area contributed by atoms with Crippen LogP contribution >= 0.6 is 0 Å². The van der Waals surface area contributed by atoms with Crippen molar-refractivity contribution in [2.24, 2.45) is 11.5 Å². The summed E-state index contributed by atoms with van der Waals surface area (Å²) >= 11 is 0. The molecule has 0 spiro atoms. The molecule has 1 aromatic carbocycles. The van der Waals surface area contributed by atoms with Crippen LogP contribution in [0.15, 0.2) is 24.3 Å². The van der Waals surface area contributed by atoms with Crippen molar-refractivity contribution in [2.45, 2.75) is 6.54 Å². The van der Waals surface area contributed by atoms with Gasteiger partial charge in [-0.3, -0.25) is 4.79 Å². The second kappa shape index (κ2) is 4.29. The smallest absolute Gasteiger partial charge is 0.293 e. The number of rotatable bonds is 1. The number of primary amides is 1. The molecule has 0 saturated heterocycles. The fourth-order valence-electron chi connectivity index (χ4n) is 0.910. The molecule has 66 valence electrons. The Morgan fingerprint density at radius 1 is 1.46 bits per heavy atom. The standard InChI is InChI=1S/C10H10N2O/c11-7-9-3-1-2-8(6-9)4-5-10(12)13/h1-3,6H,7,11H2,(H2,12,13). The van der Waals surface area contributed by atoms with Gasteiger partial charge in [0.15, 0.2) is 0 Å². The summed E-state index contributed by atoms with van der Waals surface area (Å²) in [6.45, 7) is 0.464. The van der Waals surface area contributed by atoms with Gasteiger partial charge in [0, 0.05) is 12.1 Å². The molecule has 0 saturated carbocycles. The molecule has 1 rings (SSSR count). The summed E-state index contributed by atoms with van der Waals surface area (Å²) in [4.78, 5) is 10.4. The molecule has 0 radical (unpaired) electrons. The molecule has 3 heteroatoms. The summed E-state index contributed by atoms with van der Waals surface area (Å²) in [6.07, 6.45) is 0. The molecular weight excluding hydrogens is 164 g/mol. The minimum absolute atomic E-state index is 0.464. The van der Waals surface area contributed by atoms with Crippen LogP contribution in [0.1, 0.15) is 11.1 Å². The van der Waals surface area contributed by atoms with Gasteiger partial charge in [0.1, 0.15) is 0 Å². The third-order valence-electron chi connectivity index (χ3n) is 1.49. The molecular formula is C10H10N2O. The highest BCUT2D eigenvalue weighted by Gasteiger charge is 1.90. The zero-order valence-electron chi connectivity index (χ0n) is 7.08. The van der Waals surface area contributed by atoms with Crippen LogP contribution in [-0.2, 0) is 11.3 Å². The second-order valence-electron chi connectivity index (χ2n) is 2.52. The molecule has 0 aromatic heterocycles. The van der Waals surface area contributed by atoms with Gasteiger partial charge in [0.05, 0.1) is 0 Å². The van der Waals surface area contributed by atoms with Gasteiger partial charge in [0.2, 0.25) is 0 Å². The highest BCUT2D eigenvalue weighted by atomic mass is 16.1. The van der Waals surface area contributed by atoms with Gasteiger partial charge in [-0.25, -0.2) is 0 Å². The van der Waals surface area contributed by atoms with Crippen LogP contribution in [0.2, 0.25) is 0 Å². The first-order chi connectivity index (χ1) is 6.22. The van der Waals surface area contributed by atoms with Crippen LogP contribution in [-0.4, -0.2) is 5.91 Å². The average Bonchev–Trinajstić information content (AvgIpc) is 2.15. The Morgan fingerprint density at radius 3 is 2.85 bits per heavy atom. The van der Waals surface area contributed by atoms with E-state index < -0.39 is 5.91 Å². The number of hydrogen-bond acceptors (Lipinski definition) is 2. The molecule has 1 aromatic rings. The lowest BCUT2D eigenvalue weighted by atomic mass is 10.1. The number of carbonyl (C=O) groups is 1. The first-order valence-electron chi connectivity index (χ1n) is 3.83. The van der Waals surface area contributed by atoms with Gasteiger partial charge in [-0.2, -0.15) is 0 Å². The SMILES string of the molecule is NCc1cccc(C#CC(N)=O)c1. The Labute approximate surface area is 76.7 Å². The van der Waals surface area contributed by atoms with E-state index in [2.05, 4.69) is 11.8 Å². The Hall–Kier alpha value is -1.79. The van der Waals surface area contributed by atoms with Crippen LogP contribution in [0.25, 0.3) is 0 Å². The Kier molecular flexibility index (Phi) is 3.07. The van der Waals surface area contributed by atoms with Crippen molar-refractivity contribution in [3.8, 4) is 11.8 Å². The number of carbonyl (C=O) groups excluding carboxylic acids is 1. The van der Waals surface area contributed by atoms with E-state index in [0.29, 0.717) is 6.54 Å². The summed E-state index contributed by atoms with van der Waals surface area (Å²) in [6, 6.07) is 7.37. The molecule has 0 unspecified atom stereocenters. The zero-order valence-corrected chi connectivity index (χ0v) is 7.08. The second-order valence-corrected chi connectivity index (χ2v) is 2.52. The molecule has 0 fully saturated rings. The van der Waals surface area contributed by atoms with E-state index in [1.807, 2.05) is 18.2 Å². The van der Waals surface area contributed by atoms with Crippen molar-refractivity contribution >= 4 is 5.91 Å². The zero-order chi connectivity index (χ0) is 9.68. The largest absolute Gasteiger partial charge is 0.359 e. The van der Waals surface area contributed by atoms with Gasteiger partial charge < -0.3 is 11.5 Å². The molecule has 0 heterocycles. The molecule has 0 bridgehead atoms. The van der Waals surface area contributed by atoms with E-state index in [1.165, 1.54) is 0 Å². The molecule has 0 atom stereocenters. The van der Waals surface area contributed by atoms with Crippen molar-refractivity contribution in [1.29, 1.82) is 0 Å². The van der Waals surface area contributed by atoms with Gasteiger partial charge in [-0.05, 0) is 23.6 Å². The Bertz CT molecular complexity index is 374. The van der Waals surface area contributed by atoms with E-state index in [4.69, 9.17) is 11.5 Å². The quantitative estimate of drug-likeness (QED) is 0.587. The summed E-state index contributed by atoms with van der Waals surface area (Å²) in [7, 11) is 0. The van der Waals surface area contributed by atoms with Crippen LogP contribution < -0.4 is 11.5 Å². The topological polar surface area (TPSA) is 69.1 Å². The monoisotopic (exact) mass is 174 g/mol. The highest BCUT2D eigenvalue weighted by molar-refractivity contribution is 5.92. The van der Waals surface area contributed by atoms with Crippen LogP contribution in [0.3, 0.4) is 0 Å². The van der Waals surface area contributed by atoms with Crippen LogP contribution in [0.5, 0.6) is 0 Å². The van der Waals surface area contributed by atoms with Crippen molar-refractivity contribution in [1.82, 2.24) is 0 Å². The van der Waals surface area contributed by atoms with Crippen LogP contribution in [0.4, 0.5) is 0 Å². The van der Waals surface area contributed by atoms with E-state index in [1.54, 1.807) is 6.07 Å².